The van der Waals surface area contributed by atoms with E-state index in [1.54, 1.807) is 18.0 Å². The zero-order chi connectivity index (χ0) is 18.1. The number of thioether (sulfide) groups is 1. The number of nitrogens with one attached hydrogen (secondary N) is 2. The fourth-order valence-corrected chi connectivity index (χ4v) is 2.93. The van der Waals surface area contributed by atoms with Gasteiger partial charge in [-0.15, -0.1) is 11.8 Å². The summed E-state index contributed by atoms with van der Waals surface area (Å²) in [6.45, 7) is 3.23. The highest BCUT2D eigenvalue weighted by Crippen LogP contribution is 2.18. The standard InChI is InChI=1S/C19H24N4S2/c1-4-12-23(2)17-10-8-15(9-11-17)14-20-22-19(24)21-16-6-5-7-18(13-16)25-3/h5-11,13-14H,4,12H2,1-3H3,(H2,21,22,24)/b20-14+. The first-order valence-electron chi connectivity index (χ1n) is 8.17. The van der Waals surface area contributed by atoms with Gasteiger partial charge in [0.1, 0.15) is 0 Å². The number of hydrogen-bond donors (Lipinski definition) is 2. The fraction of sp³-hybridized carbons (Fsp3) is 0.263. The second kappa shape index (κ2) is 10.1. The third kappa shape index (κ3) is 6.40. The molecule has 0 radical (unpaired) electrons. The number of anilines is 2. The Kier molecular flexibility index (Phi) is 7.76. The minimum atomic E-state index is 0.466. The van der Waals surface area contributed by atoms with E-state index in [1.807, 2.05) is 36.6 Å². The summed E-state index contributed by atoms with van der Waals surface area (Å²) in [7, 11) is 2.10. The lowest BCUT2D eigenvalue weighted by Gasteiger charge is -2.18. The number of thiocarbonyl (C=S) groups is 1. The lowest BCUT2D eigenvalue weighted by Crippen LogP contribution is -2.23. The second-order valence-electron chi connectivity index (χ2n) is 5.57. The van der Waals surface area contributed by atoms with Crippen LogP contribution in [0.1, 0.15) is 18.9 Å². The Labute approximate surface area is 159 Å². The fourth-order valence-electron chi connectivity index (χ4n) is 2.30. The Morgan fingerprint density at radius 3 is 2.68 bits per heavy atom. The van der Waals surface area contributed by atoms with Gasteiger partial charge in [-0.1, -0.05) is 25.1 Å². The molecule has 0 atom stereocenters. The van der Waals surface area contributed by atoms with Gasteiger partial charge in [0.15, 0.2) is 5.11 Å². The van der Waals surface area contributed by atoms with E-state index in [4.69, 9.17) is 12.2 Å². The van der Waals surface area contributed by atoms with Gasteiger partial charge < -0.3 is 10.2 Å². The maximum Gasteiger partial charge on any atom is 0.191 e. The van der Waals surface area contributed by atoms with E-state index in [1.165, 1.54) is 10.6 Å². The van der Waals surface area contributed by atoms with Crippen LogP contribution in [0, 0.1) is 0 Å². The lowest BCUT2D eigenvalue weighted by molar-refractivity contribution is 0.852. The van der Waals surface area contributed by atoms with Crippen LogP contribution in [0.15, 0.2) is 58.5 Å². The molecule has 2 aromatic rings. The van der Waals surface area contributed by atoms with Gasteiger partial charge in [0.2, 0.25) is 0 Å². The Balaban J connectivity index is 1.86. The maximum atomic E-state index is 5.27. The molecule has 25 heavy (non-hydrogen) atoms. The van der Waals surface area contributed by atoms with Crippen molar-refractivity contribution in [1.82, 2.24) is 5.43 Å². The maximum absolute atomic E-state index is 5.27. The lowest BCUT2D eigenvalue weighted by atomic mass is 10.2. The van der Waals surface area contributed by atoms with Gasteiger partial charge in [-0.05, 0) is 60.8 Å². The van der Waals surface area contributed by atoms with Crippen LogP contribution in [0.25, 0.3) is 0 Å². The van der Waals surface area contributed by atoms with Crippen LogP contribution >= 0.6 is 24.0 Å². The Hall–Kier alpha value is -2.05. The van der Waals surface area contributed by atoms with Crippen LogP contribution in [0.2, 0.25) is 0 Å². The molecule has 2 aromatic carbocycles. The first kappa shape index (κ1) is 19.3. The van der Waals surface area contributed by atoms with Gasteiger partial charge >= 0.3 is 0 Å². The predicted octanol–water partition coefficient (Wildman–Crippen LogP) is 4.58. The Morgan fingerprint density at radius 1 is 1.24 bits per heavy atom. The molecule has 0 saturated carbocycles. The molecule has 0 bridgehead atoms. The van der Waals surface area contributed by atoms with E-state index in [2.05, 4.69) is 52.9 Å². The van der Waals surface area contributed by atoms with Crippen molar-refractivity contribution in [3.63, 3.8) is 0 Å². The summed E-state index contributed by atoms with van der Waals surface area (Å²) in [5, 5.41) is 7.79. The largest absolute Gasteiger partial charge is 0.375 e. The molecule has 0 aliphatic rings. The highest BCUT2D eigenvalue weighted by molar-refractivity contribution is 7.98. The van der Waals surface area contributed by atoms with Crippen molar-refractivity contribution in [2.45, 2.75) is 18.2 Å². The summed E-state index contributed by atoms with van der Waals surface area (Å²) in [6, 6.07) is 16.4. The molecular formula is C19H24N4S2. The quantitative estimate of drug-likeness (QED) is 0.322. The molecule has 6 heteroatoms. The molecule has 0 heterocycles. The molecule has 132 valence electrons. The van der Waals surface area contributed by atoms with Gasteiger partial charge in [-0.25, -0.2) is 0 Å². The molecule has 0 amide bonds. The summed E-state index contributed by atoms with van der Waals surface area (Å²) < 4.78 is 0. The Bertz CT molecular complexity index is 714. The first-order valence-corrected chi connectivity index (χ1v) is 9.81. The van der Waals surface area contributed by atoms with Crippen molar-refractivity contribution in [3.05, 3.63) is 54.1 Å². The number of hydrazone groups is 1. The van der Waals surface area contributed by atoms with Gasteiger partial charge in [-0.3, -0.25) is 5.43 Å². The van der Waals surface area contributed by atoms with Crippen molar-refractivity contribution in [3.8, 4) is 0 Å². The highest BCUT2D eigenvalue weighted by Gasteiger charge is 1.99. The first-order chi connectivity index (χ1) is 12.1. The average molecular weight is 373 g/mol. The summed E-state index contributed by atoms with van der Waals surface area (Å²) >= 11 is 6.96. The average Bonchev–Trinajstić information content (AvgIpc) is 2.62. The second-order valence-corrected chi connectivity index (χ2v) is 6.86. The molecule has 4 nitrogen and oxygen atoms in total. The van der Waals surface area contributed by atoms with Crippen molar-refractivity contribution in [2.24, 2.45) is 5.10 Å². The van der Waals surface area contributed by atoms with Gasteiger partial charge in [0.25, 0.3) is 0 Å². The van der Waals surface area contributed by atoms with E-state index in [9.17, 15) is 0 Å². The third-order valence-electron chi connectivity index (χ3n) is 3.60. The third-order valence-corrected chi connectivity index (χ3v) is 4.52. The number of nitrogens with zero attached hydrogens (tertiary/aromatic N) is 2. The minimum absolute atomic E-state index is 0.466. The van der Waals surface area contributed by atoms with Gasteiger partial charge in [-0.2, -0.15) is 5.10 Å². The van der Waals surface area contributed by atoms with Crippen molar-refractivity contribution < 1.29 is 0 Å². The van der Waals surface area contributed by atoms with E-state index < -0.39 is 0 Å². The van der Waals surface area contributed by atoms with E-state index >= 15 is 0 Å². The molecule has 2 rings (SSSR count). The summed E-state index contributed by atoms with van der Waals surface area (Å²) in [5.41, 5.74) is 6.02. The predicted molar refractivity (Wildman–Crippen MR) is 115 cm³/mol. The molecule has 0 aliphatic heterocycles. The Morgan fingerprint density at radius 2 is 2.00 bits per heavy atom. The number of benzene rings is 2. The molecule has 0 unspecified atom stereocenters. The smallest absolute Gasteiger partial charge is 0.191 e. The van der Waals surface area contributed by atoms with E-state index in [0.717, 1.165) is 24.2 Å². The number of hydrogen-bond acceptors (Lipinski definition) is 4. The van der Waals surface area contributed by atoms with Crippen LogP contribution in [0.3, 0.4) is 0 Å². The summed E-state index contributed by atoms with van der Waals surface area (Å²) in [4.78, 5) is 3.42. The monoisotopic (exact) mass is 372 g/mol. The normalized spacial score (nSPS) is 10.7. The molecule has 0 aromatic heterocycles. The molecule has 2 N–H and O–H groups in total. The van der Waals surface area contributed by atoms with Crippen molar-refractivity contribution in [1.29, 1.82) is 0 Å². The highest BCUT2D eigenvalue weighted by atomic mass is 32.2. The summed E-state index contributed by atoms with van der Waals surface area (Å²) in [6.07, 6.45) is 4.94. The van der Waals surface area contributed by atoms with Gasteiger partial charge in [0.05, 0.1) is 6.21 Å². The van der Waals surface area contributed by atoms with Gasteiger partial charge in [0, 0.05) is 29.9 Å². The minimum Gasteiger partial charge on any atom is -0.375 e. The number of rotatable bonds is 7. The topological polar surface area (TPSA) is 39.7 Å². The van der Waals surface area contributed by atoms with E-state index in [-0.39, 0.29) is 0 Å². The zero-order valence-corrected chi connectivity index (χ0v) is 16.5. The molecular weight excluding hydrogens is 348 g/mol. The van der Waals surface area contributed by atoms with Crippen molar-refractivity contribution >= 4 is 46.7 Å². The molecule has 0 aliphatic carbocycles. The summed E-state index contributed by atoms with van der Waals surface area (Å²) in [5.74, 6) is 0. The van der Waals surface area contributed by atoms with Crippen LogP contribution in [0.4, 0.5) is 11.4 Å². The van der Waals surface area contributed by atoms with Crippen LogP contribution in [-0.2, 0) is 0 Å². The molecule has 0 fully saturated rings. The molecule has 0 saturated heterocycles. The zero-order valence-electron chi connectivity index (χ0n) is 14.8. The van der Waals surface area contributed by atoms with Crippen LogP contribution in [-0.4, -0.2) is 31.2 Å². The van der Waals surface area contributed by atoms with Crippen molar-refractivity contribution in [2.75, 3.05) is 30.1 Å². The molecule has 0 spiro atoms. The van der Waals surface area contributed by atoms with E-state index in [0.29, 0.717) is 5.11 Å². The SMILES string of the molecule is CCCN(C)c1ccc(/C=N/NC(=S)Nc2cccc(SC)c2)cc1. The van der Waals surface area contributed by atoms with Crippen LogP contribution in [0.5, 0.6) is 0 Å². The van der Waals surface area contributed by atoms with Crippen LogP contribution < -0.4 is 15.6 Å².